The number of hydrogen-bond acceptors (Lipinski definition) is 4. The molecule has 0 aromatic heterocycles. The van der Waals surface area contributed by atoms with Crippen LogP contribution in [-0.4, -0.2) is 35.2 Å². The highest BCUT2D eigenvalue weighted by molar-refractivity contribution is 7.89. The summed E-state index contributed by atoms with van der Waals surface area (Å²) in [6, 6.07) is 6.68. The summed E-state index contributed by atoms with van der Waals surface area (Å²) in [5, 5.41) is 3.20. The summed E-state index contributed by atoms with van der Waals surface area (Å²) >= 11 is 0. The summed E-state index contributed by atoms with van der Waals surface area (Å²) in [4.78, 5) is 0.269. The van der Waals surface area contributed by atoms with Gasteiger partial charge in [-0.25, -0.2) is 13.1 Å². The summed E-state index contributed by atoms with van der Waals surface area (Å²) in [5.74, 6) is 0.783. The SMILES string of the molecule is CNS(=O)(=O)c1ccc(NCCOCC2CC2)cc1. The van der Waals surface area contributed by atoms with E-state index in [-0.39, 0.29) is 4.90 Å². The highest BCUT2D eigenvalue weighted by atomic mass is 32.2. The molecule has 2 N–H and O–H groups in total. The van der Waals surface area contributed by atoms with E-state index in [0.29, 0.717) is 6.61 Å². The molecule has 1 aliphatic carbocycles. The van der Waals surface area contributed by atoms with Crippen LogP contribution in [0.2, 0.25) is 0 Å². The average molecular weight is 284 g/mol. The largest absolute Gasteiger partial charge is 0.383 e. The number of nitrogens with one attached hydrogen (secondary N) is 2. The van der Waals surface area contributed by atoms with Crippen molar-refractivity contribution < 1.29 is 13.2 Å². The van der Waals surface area contributed by atoms with Gasteiger partial charge in [0.1, 0.15) is 0 Å². The molecule has 0 heterocycles. The Bertz CT molecular complexity index is 495. The van der Waals surface area contributed by atoms with Crippen molar-refractivity contribution in [3.63, 3.8) is 0 Å². The van der Waals surface area contributed by atoms with Gasteiger partial charge in [-0.3, -0.25) is 0 Å². The van der Waals surface area contributed by atoms with Crippen LogP contribution in [0.25, 0.3) is 0 Å². The van der Waals surface area contributed by atoms with Crippen LogP contribution in [0.15, 0.2) is 29.2 Å². The average Bonchev–Trinajstić information content (AvgIpc) is 3.23. The first-order valence-electron chi connectivity index (χ1n) is 6.47. The maximum absolute atomic E-state index is 11.5. The van der Waals surface area contributed by atoms with Crippen LogP contribution in [-0.2, 0) is 14.8 Å². The standard InChI is InChI=1S/C13H20N2O3S/c1-14-19(16,17)13-6-4-12(5-7-13)15-8-9-18-10-11-2-3-11/h4-7,11,14-15H,2-3,8-10H2,1H3. The van der Waals surface area contributed by atoms with Gasteiger partial charge < -0.3 is 10.1 Å². The summed E-state index contributed by atoms with van der Waals surface area (Å²) in [6.07, 6.45) is 2.60. The molecule has 1 aromatic carbocycles. The van der Waals surface area contributed by atoms with Gasteiger partial charge in [-0.15, -0.1) is 0 Å². The van der Waals surface area contributed by atoms with Crippen LogP contribution in [0.4, 0.5) is 5.69 Å². The van der Waals surface area contributed by atoms with E-state index in [1.165, 1.54) is 19.9 Å². The fraction of sp³-hybridized carbons (Fsp3) is 0.538. The zero-order chi connectivity index (χ0) is 13.7. The van der Waals surface area contributed by atoms with E-state index < -0.39 is 10.0 Å². The van der Waals surface area contributed by atoms with Crippen LogP contribution in [0, 0.1) is 5.92 Å². The summed E-state index contributed by atoms with van der Waals surface area (Å²) in [6.45, 7) is 2.26. The molecule has 1 saturated carbocycles. The molecular weight excluding hydrogens is 264 g/mol. The molecule has 1 aliphatic rings. The number of hydrogen-bond donors (Lipinski definition) is 2. The first kappa shape index (κ1) is 14.3. The van der Waals surface area contributed by atoms with E-state index in [1.807, 2.05) is 0 Å². The van der Waals surface area contributed by atoms with Crippen molar-refractivity contribution in [1.29, 1.82) is 0 Å². The first-order valence-corrected chi connectivity index (χ1v) is 7.95. The van der Waals surface area contributed by atoms with E-state index in [9.17, 15) is 8.42 Å². The number of rotatable bonds is 8. The van der Waals surface area contributed by atoms with Crippen molar-refractivity contribution in [2.45, 2.75) is 17.7 Å². The second kappa shape index (κ2) is 6.36. The Hall–Kier alpha value is -1.11. The second-order valence-corrected chi connectivity index (χ2v) is 6.56. The quantitative estimate of drug-likeness (QED) is 0.709. The van der Waals surface area contributed by atoms with Gasteiger partial charge in [0, 0.05) is 18.8 Å². The van der Waals surface area contributed by atoms with E-state index in [4.69, 9.17) is 4.74 Å². The van der Waals surface area contributed by atoms with Crippen LogP contribution in [0.3, 0.4) is 0 Å². The second-order valence-electron chi connectivity index (χ2n) is 4.68. The number of anilines is 1. The molecule has 0 atom stereocenters. The van der Waals surface area contributed by atoms with Crippen molar-refractivity contribution in [2.75, 3.05) is 32.1 Å². The molecule has 0 unspecified atom stereocenters. The minimum Gasteiger partial charge on any atom is -0.383 e. The van der Waals surface area contributed by atoms with Crippen molar-refractivity contribution in [1.82, 2.24) is 4.72 Å². The Balaban J connectivity index is 1.74. The molecule has 0 aliphatic heterocycles. The lowest BCUT2D eigenvalue weighted by Crippen LogP contribution is -2.18. The zero-order valence-electron chi connectivity index (χ0n) is 11.1. The molecule has 0 amide bonds. The van der Waals surface area contributed by atoms with E-state index in [2.05, 4.69) is 10.0 Å². The van der Waals surface area contributed by atoms with Gasteiger partial charge in [-0.1, -0.05) is 0 Å². The minimum absolute atomic E-state index is 0.269. The smallest absolute Gasteiger partial charge is 0.240 e. The fourth-order valence-corrected chi connectivity index (χ4v) is 2.40. The molecule has 106 valence electrons. The Morgan fingerprint density at radius 2 is 1.95 bits per heavy atom. The highest BCUT2D eigenvalue weighted by Crippen LogP contribution is 2.28. The van der Waals surface area contributed by atoms with Gasteiger partial charge in [-0.05, 0) is 50.1 Å². The predicted molar refractivity (Wildman–Crippen MR) is 74.7 cm³/mol. The lowest BCUT2D eigenvalue weighted by atomic mass is 10.3. The Kier molecular flexibility index (Phi) is 4.79. The lowest BCUT2D eigenvalue weighted by Gasteiger charge is -2.08. The van der Waals surface area contributed by atoms with Crippen LogP contribution in [0.1, 0.15) is 12.8 Å². The summed E-state index contributed by atoms with van der Waals surface area (Å²) in [5.41, 5.74) is 0.894. The Morgan fingerprint density at radius 3 is 2.53 bits per heavy atom. The molecule has 5 nitrogen and oxygen atoms in total. The highest BCUT2D eigenvalue weighted by Gasteiger charge is 2.20. The summed E-state index contributed by atoms with van der Waals surface area (Å²) in [7, 11) is -1.95. The number of sulfonamides is 1. The van der Waals surface area contributed by atoms with Crippen LogP contribution < -0.4 is 10.0 Å². The van der Waals surface area contributed by atoms with Gasteiger partial charge >= 0.3 is 0 Å². The van der Waals surface area contributed by atoms with Crippen molar-refractivity contribution in [3.8, 4) is 0 Å². The van der Waals surface area contributed by atoms with Crippen molar-refractivity contribution in [3.05, 3.63) is 24.3 Å². The molecule has 2 rings (SSSR count). The normalized spacial score (nSPS) is 15.4. The molecule has 0 bridgehead atoms. The van der Waals surface area contributed by atoms with Crippen LogP contribution in [0.5, 0.6) is 0 Å². The Morgan fingerprint density at radius 1 is 1.26 bits per heavy atom. The molecule has 6 heteroatoms. The molecular formula is C13H20N2O3S. The third kappa shape index (κ3) is 4.49. The Labute approximate surface area is 114 Å². The maximum Gasteiger partial charge on any atom is 0.240 e. The third-order valence-corrected chi connectivity index (χ3v) is 4.49. The van der Waals surface area contributed by atoms with Gasteiger partial charge in [0.25, 0.3) is 0 Å². The molecule has 19 heavy (non-hydrogen) atoms. The first-order chi connectivity index (χ1) is 9.12. The molecule has 0 spiro atoms. The molecule has 1 aromatic rings. The maximum atomic E-state index is 11.5. The van der Waals surface area contributed by atoms with Crippen molar-refractivity contribution in [2.24, 2.45) is 5.92 Å². The molecule has 1 fully saturated rings. The van der Waals surface area contributed by atoms with Gasteiger partial charge in [0.05, 0.1) is 11.5 Å². The summed E-state index contributed by atoms with van der Waals surface area (Å²) < 4.78 is 30.9. The predicted octanol–water partition coefficient (Wildman–Crippen LogP) is 1.43. The number of ether oxygens (including phenoxy) is 1. The third-order valence-electron chi connectivity index (χ3n) is 3.06. The lowest BCUT2D eigenvalue weighted by molar-refractivity contribution is 0.134. The van der Waals surface area contributed by atoms with Gasteiger partial charge in [-0.2, -0.15) is 0 Å². The number of benzene rings is 1. The fourth-order valence-electron chi connectivity index (χ4n) is 1.67. The molecule has 0 saturated heterocycles. The minimum atomic E-state index is -3.35. The monoisotopic (exact) mass is 284 g/mol. The van der Waals surface area contributed by atoms with Gasteiger partial charge in [0.2, 0.25) is 10.0 Å². The topological polar surface area (TPSA) is 67.4 Å². The van der Waals surface area contributed by atoms with Crippen LogP contribution >= 0.6 is 0 Å². The zero-order valence-corrected chi connectivity index (χ0v) is 11.9. The van der Waals surface area contributed by atoms with E-state index in [1.54, 1.807) is 24.3 Å². The van der Waals surface area contributed by atoms with E-state index >= 15 is 0 Å². The van der Waals surface area contributed by atoms with E-state index in [0.717, 1.165) is 24.8 Å². The van der Waals surface area contributed by atoms with Crippen molar-refractivity contribution >= 4 is 15.7 Å². The molecule has 0 radical (unpaired) electrons. The van der Waals surface area contributed by atoms with Gasteiger partial charge in [0.15, 0.2) is 0 Å².